The molecule has 0 fully saturated rings. The van der Waals surface area contributed by atoms with Gasteiger partial charge in [0, 0.05) is 12.3 Å². The van der Waals surface area contributed by atoms with Gasteiger partial charge in [0.05, 0.1) is 6.07 Å². The number of aliphatic hydroxyl groups is 1. The van der Waals surface area contributed by atoms with Crippen LogP contribution in [0.1, 0.15) is 32.3 Å². The number of amides is 1. The average molecular weight is 260 g/mol. The van der Waals surface area contributed by atoms with Crippen LogP contribution in [-0.2, 0) is 11.2 Å². The highest BCUT2D eigenvalue weighted by Crippen LogP contribution is 2.27. The SMILES string of the molecule is CCC(C#N)(CC)C(=O)Nc1ccc(CCO)cc1. The average Bonchev–Trinajstić information content (AvgIpc) is 2.44. The van der Waals surface area contributed by atoms with E-state index in [1.165, 1.54) is 0 Å². The molecule has 19 heavy (non-hydrogen) atoms. The molecule has 2 N–H and O–H groups in total. The summed E-state index contributed by atoms with van der Waals surface area (Å²) in [6.45, 7) is 3.79. The molecule has 0 spiro atoms. The highest BCUT2D eigenvalue weighted by Gasteiger charge is 2.34. The molecule has 4 heteroatoms. The lowest BCUT2D eigenvalue weighted by atomic mass is 9.83. The van der Waals surface area contributed by atoms with E-state index >= 15 is 0 Å². The smallest absolute Gasteiger partial charge is 0.244 e. The maximum Gasteiger partial charge on any atom is 0.244 e. The van der Waals surface area contributed by atoms with E-state index in [9.17, 15) is 10.1 Å². The molecule has 1 aromatic carbocycles. The summed E-state index contributed by atoms with van der Waals surface area (Å²) in [4.78, 5) is 12.2. The molecular formula is C15H20N2O2. The van der Waals surface area contributed by atoms with Gasteiger partial charge in [-0.05, 0) is 37.0 Å². The molecule has 1 amide bonds. The number of carbonyl (C=O) groups excluding carboxylic acids is 1. The minimum absolute atomic E-state index is 0.106. The molecule has 0 aromatic heterocycles. The molecule has 0 bridgehead atoms. The standard InChI is InChI=1S/C15H20N2O2/c1-3-15(4-2,11-16)14(19)17-13-7-5-12(6-8-13)9-10-18/h5-8,18H,3-4,9-10H2,1-2H3,(H,17,19). The van der Waals surface area contributed by atoms with Crippen LogP contribution in [0.4, 0.5) is 5.69 Å². The zero-order valence-corrected chi connectivity index (χ0v) is 11.4. The largest absolute Gasteiger partial charge is 0.396 e. The Hall–Kier alpha value is -1.86. The summed E-state index contributed by atoms with van der Waals surface area (Å²) >= 11 is 0. The second-order valence-corrected chi connectivity index (χ2v) is 4.53. The first-order valence-corrected chi connectivity index (χ1v) is 6.54. The number of carbonyl (C=O) groups is 1. The first-order chi connectivity index (χ1) is 9.11. The first-order valence-electron chi connectivity index (χ1n) is 6.54. The van der Waals surface area contributed by atoms with Gasteiger partial charge < -0.3 is 10.4 Å². The van der Waals surface area contributed by atoms with Crippen LogP contribution in [-0.4, -0.2) is 17.6 Å². The van der Waals surface area contributed by atoms with E-state index in [0.29, 0.717) is 24.9 Å². The highest BCUT2D eigenvalue weighted by molar-refractivity contribution is 5.97. The predicted molar refractivity (Wildman–Crippen MR) is 74.5 cm³/mol. The number of nitrogens with one attached hydrogen (secondary N) is 1. The van der Waals surface area contributed by atoms with Crippen molar-refractivity contribution < 1.29 is 9.90 Å². The number of nitriles is 1. The fraction of sp³-hybridized carbons (Fsp3) is 0.467. The van der Waals surface area contributed by atoms with Gasteiger partial charge in [0.2, 0.25) is 5.91 Å². The monoisotopic (exact) mass is 260 g/mol. The fourth-order valence-corrected chi connectivity index (χ4v) is 1.91. The summed E-state index contributed by atoms with van der Waals surface area (Å²) in [7, 11) is 0. The van der Waals surface area contributed by atoms with E-state index in [-0.39, 0.29) is 12.5 Å². The zero-order chi connectivity index (χ0) is 14.3. The van der Waals surface area contributed by atoms with Crippen LogP contribution in [0.2, 0.25) is 0 Å². The molecule has 102 valence electrons. The summed E-state index contributed by atoms with van der Waals surface area (Å²) in [5.41, 5.74) is 0.732. The van der Waals surface area contributed by atoms with Crippen molar-refractivity contribution in [2.24, 2.45) is 5.41 Å². The molecule has 1 aromatic rings. The summed E-state index contributed by atoms with van der Waals surface area (Å²) in [6, 6.07) is 9.42. The lowest BCUT2D eigenvalue weighted by molar-refractivity contribution is -0.123. The van der Waals surface area contributed by atoms with Crippen molar-refractivity contribution >= 4 is 11.6 Å². The normalized spacial score (nSPS) is 10.8. The molecule has 0 atom stereocenters. The van der Waals surface area contributed by atoms with E-state index in [2.05, 4.69) is 11.4 Å². The van der Waals surface area contributed by atoms with Crippen molar-refractivity contribution in [3.63, 3.8) is 0 Å². The Bertz CT molecular complexity index is 456. The van der Waals surface area contributed by atoms with Crippen molar-refractivity contribution in [3.8, 4) is 6.07 Å². The van der Waals surface area contributed by atoms with Crippen molar-refractivity contribution in [1.29, 1.82) is 5.26 Å². The number of hydrogen-bond acceptors (Lipinski definition) is 3. The van der Waals surface area contributed by atoms with Crippen molar-refractivity contribution in [2.75, 3.05) is 11.9 Å². The highest BCUT2D eigenvalue weighted by atomic mass is 16.2. The lowest BCUT2D eigenvalue weighted by Crippen LogP contribution is -2.33. The number of hydrogen-bond donors (Lipinski definition) is 2. The molecule has 4 nitrogen and oxygen atoms in total. The molecule has 0 heterocycles. The maximum atomic E-state index is 12.2. The Morgan fingerprint density at radius 1 is 1.32 bits per heavy atom. The number of anilines is 1. The molecule has 0 unspecified atom stereocenters. The summed E-state index contributed by atoms with van der Waals surface area (Å²) in [5, 5.41) is 20.8. The molecule has 0 saturated carbocycles. The molecule has 0 aliphatic rings. The van der Waals surface area contributed by atoms with E-state index < -0.39 is 5.41 Å². The van der Waals surface area contributed by atoms with Gasteiger partial charge in [-0.3, -0.25) is 4.79 Å². The van der Waals surface area contributed by atoms with Crippen LogP contribution in [0.15, 0.2) is 24.3 Å². The van der Waals surface area contributed by atoms with Gasteiger partial charge >= 0.3 is 0 Å². The third-order valence-corrected chi connectivity index (χ3v) is 3.47. The summed E-state index contributed by atoms with van der Waals surface area (Å²) in [6.07, 6.45) is 1.59. The lowest BCUT2D eigenvalue weighted by Gasteiger charge is -2.22. The second-order valence-electron chi connectivity index (χ2n) is 4.53. The third kappa shape index (κ3) is 3.55. The minimum atomic E-state index is -0.955. The van der Waals surface area contributed by atoms with Gasteiger partial charge in [0.25, 0.3) is 0 Å². The molecule has 1 rings (SSSR count). The molecule has 0 aliphatic heterocycles. The molecule has 0 saturated heterocycles. The van der Waals surface area contributed by atoms with Gasteiger partial charge in [-0.2, -0.15) is 5.26 Å². The fourth-order valence-electron chi connectivity index (χ4n) is 1.91. The number of benzene rings is 1. The van der Waals surface area contributed by atoms with E-state index in [4.69, 9.17) is 5.11 Å². The third-order valence-electron chi connectivity index (χ3n) is 3.47. The molecular weight excluding hydrogens is 240 g/mol. The van der Waals surface area contributed by atoms with Crippen LogP contribution in [0, 0.1) is 16.7 Å². The Morgan fingerprint density at radius 3 is 2.32 bits per heavy atom. The Kier molecular flexibility index (Phi) is 5.53. The van der Waals surface area contributed by atoms with Crippen LogP contribution in [0.5, 0.6) is 0 Å². The van der Waals surface area contributed by atoms with E-state index in [0.717, 1.165) is 5.56 Å². The van der Waals surface area contributed by atoms with Crippen LogP contribution in [0.3, 0.4) is 0 Å². The number of aliphatic hydroxyl groups excluding tert-OH is 1. The summed E-state index contributed by atoms with van der Waals surface area (Å²) < 4.78 is 0. The van der Waals surface area contributed by atoms with Gasteiger partial charge in [0.15, 0.2) is 0 Å². The van der Waals surface area contributed by atoms with Gasteiger partial charge in [-0.15, -0.1) is 0 Å². The Morgan fingerprint density at radius 2 is 1.89 bits per heavy atom. The van der Waals surface area contributed by atoms with Crippen molar-refractivity contribution in [1.82, 2.24) is 0 Å². The molecule has 0 aliphatic carbocycles. The maximum absolute atomic E-state index is 12.2. The van der Waals surface area contributed by atoms with Crippen LogP contribution < -0.4 is 5.32 Å². The van der Waals surface area contributed by atoms with Crippen molar-refractivity contribution in [2.45, 2.75) is 33.1 Å². The topological polar surface area (TPSA) is 73.1 Å². The van der Waals surface area contributed by atoms with Gasteiger partial charge in [-0.1, -0.05) is 26.0 Å². The van der Waals surface area contributed by atoms with Crippen LogP contribution >= 0.6 is 0 Å². The number of nitrogens with zero attached hydrogens (tertiary/aromatic N) is 1. The zero-order valence-electron chi connectivity index (χ0n) is 11.4. The summed E-state index contributed by atoms with van der Waals surface area (Å²) in [5.74, 6) is -0.255. The Labute approximate surface area is 114 Å². The molecule has 0 radical (unpaired) electrons. The van der Waals surface area contributed by atoms with Gasteiger partial charge in [0.1, 0.15) is 5.41 Å². The first kappa shape index (κ1) is 15.2. The van der Waals surface area contributed by atoms with E-state index in [1.807, 2.05) is 26.0 Å². The van der Waals surface area contributed by atoms with Crippen molar-refractivity contribution in [3.05, 3.63) is 29.8 Å². The minimum Gasteiger partial charge on any atom is -0.396 e. The van der Waals surface area contributed by atoms with Crippen LogP contribution in [0.25, 0.3) is 0 Å². The quantitative estimate of drug-likeness (QED) is 0.825. The van der Waals surface area contributed by atoms with E-state index in [1.54, 1.807) is 12.1 Å². The Balaban J connectivity index is 2.79. The predicted octanol–water partition coefficient (Wildman–Crippen LogP) is 2.49. The van der Waals surface area contributed by atoms with Gasteiger partial charge in [-0.25, -0.2) is 0 Å². The number of rotatable bonds is 6. The second kappa shape index (κ2) is 6.91.